The minimum Gasteiger partial charge on any atom is -0.353 e. The summed E-state index contributed by atoms with van der Waals surface area (Å²) >= 11 is 0. The molecule has 1 fully saturated rings. The van der Waals surface area contributed by atoms with Crippen molar-refractivity contribution >= 4 is 17.3 Å². The van der Waals surface area contributed by atoms with Gasteiger partial charge in [0.25, 0.3) is 0 Å². The van der Waals surface area contributed by atoms with E-state index in [0.717, 1.165) is 30.2 Å². The molecule has 3 aromatic heterocycles. The third-order valence-electron chi connectivity index (χ3n) is 4.48. The molecule has 0 aromatic carbocycles. The highest BCUT2D eigenvalue weighted by Crippen LogP contribution is 2.23. The van der Waals surface area contributed by atoms with E-state index in [1.165, 1.54) is 0 Å². The largest absolute Gasteiger partial charge is 0.353 e. The van der Waals surface area contributed by atoms with Gasteiger partial charge in [-0.05, 0) is 20.8 Å². The van der Waals surface area contributed by atoms with Gasteiger partial charge < -0.3 is 9.80 Å². The van der Waals surface area contributed by atoms with E-state index in [2.05, 4.69) is 25.0 Å². The number of aromatic nitrogens is 5. The van der Waals surface area contributed by atoms with Crippen molar-refractivity contribution in [2.24, 2.45) is 0 Å². The van der Waals surface area contributed by atoms with Gasteiger partial charge in [0, 0.05) is 44.0 Å². The number of hydrogen-bond acceptors (Lipinski definition) is 6. The number of fused-ring (bicyclic) bond motifs is 1. The third kappa shape index (κ3) is 2.77. The van der Waals surface area contributed by atoms with Gasteiger partial charge in [0.05, 0.1) is 11.9 Å². The predicted molar refractivity (Wildman–Crippen MR) is 93.6 cm³/mol. The molecule has 0 unspecified atom stereocenters. The van der Waals surface area contributed by atoms with Gasteiger partial charge in [-0.15, -0.1) is 0 Å². The lowest BCUT2D eigenvalue weighted by molar-refractivity contribution is 0.569. The minimum atomic E-state index is -0.326. The first-order valence-electron chi connectivity index (χ1n) is 8.35. The average molecular weight is 341 g/mol. The van der Waals surface area contributed by atoms with Crippen molar-refractivity contribution in [1.29, 1.82) is 0 Å². The van der Waals surface area contributed by atoms with Crippen molar-refractivity contribution in [3.63, 3.8) is 0 Å². The van der Waals surface area contributed by atoms with E-state index in [-0.39, 0.29) is 5.82 Å². The van der Waals surface area contributed by atoms with Gasteiger partial charge in [0.15, 0.2) is 17.3 Å². The summed E-state index contributed by atoms with van der Waals surface area (Å²) in [5, 5.41) is 4.37. The van der Waals surface area contributed by atoms with Crippen LogP contribution in [0.15, 0.2) is 18.3 Å². The molecule has 0 atom stereocenters. The van der Waals surface area contributed by atoms with Gasteiger partial charge in [-0.2, -0.15) is 9.61 Å². The molecule has 0 bridgehead atoms. The van der Waals surface area contributed by atoms with Crippen LogP contribution in [0.25, 0.3) is 5.65 Å². The van der Waals surface area contributed by atoms with Crippen LogP contribution in [-0.2, 0) is 0 Å². The van der Waals surface area contributed by atoms with E-state index in [1.54, 1.807) is 20.0 Å². The van der Waals surface area contributed by atoms with Crippen LogP contribution in [0.2, 0.25) is 0 Å². The number of hydrogen-bond donors (Lipinski definition) is 0. The molecule has 0 saturated carbocycles. The number of halogens is 1. The first kappa shape index (κ1) is 15.7. The lowest BCUT2D eigenvalue weighted by Crippen LogP contribution is -2.48. The number of anilines is 2. The second-order valence-corrected chi connectivity index (χ2v) is 6.32. The molecule has 0 aliphatic carbocycles. The molecule has 4 rings (SSSR count). The molecular formula is C17H20FN7. The maximum Gasteiger partial charge on any atom is 0.186 e. The summed E-state index contributed by atoms with van der Waals surface area (Å²) in [6.45, 7) is 8.36. The molecule has 0 N–H and O–H groups in total. The van der Waals surface area contributed by atoms with Gasteiger partial charge in [-0.25, -0.2) is 19.3 Å². The molecule has 0 radical (unpaired) electrons. The summed E-state index contributed by atoms with van der Waals surface area (Å²) in [6, 6.07) is 3.93. The van der Waals surface area contributed by atoms with Crippen LogP contribution in [0.3, 0.4) is 0 Å². The Morgan fingerprint density at radius 2 is 1.68 bits per heavy atom. The molecule has 4 heterocycles. The monoisotopic (exact) mass is 341 g/mol. The lowest BCUT2D eigenvalue weighted by Gasteiger charge is -2.36. The lowest BCUT2D eigenvalue weighted by atomic mass is 10.2. The van der Waals surface area contributed by atoms with E-state index < -0.39 is 0 Å². The first-order valence-corrected chi connectivity index (χ1v) is 8.35. The van der Waals surface area contributed by atoms with Crippen LogP contribution in [-0.4, -0.2) is 50.7 Å². The van der Waals surface area contributed by atoms with Crippen LogP contribution in [0.4, 0.5) is 16.0 Å². The average Bonchev–Trinajstić information content (AvgIpc) is 3.06. The quantitative estimate of drug-likeness (QED) is 0.710. The number of nitrogens with zero attached hydrogens (tertiary/aromatic N) is 7. The van der Waals surface area contributed by atoms with Gasteiger partial charge in [0.2, 0.25) is 0 Å². The van der Waals surface area contributed by atoms with Crippen LogP contribution in [0, 0.1) is 26.6 Å². The predicted octanol–water partition coefficient (Wildman–Crippen LogP) is 1.91. The standard InChI is InChI=1S/C17H20FN7/c1-11-10-15(25-14(20-11)4-5-19-25)23-6-8-24(9-7-23)17-16(18)12(2)21-13(3)22-17/h4-5,10H,6-9H2,1-3H3. The second-order valence-electron chi connectivity index (χ2n) is 6.32. The van der Waals surface area contributed by atoms with Gasteiger partial charge in [-0.1, -0.05) is 0 Å². The Bertz CT molecular complexity index is 928. The zero-order chi connectivity index (χ0) is 17.6. The van der Waals surface area contributed by atoms with Crippen LogP contribution in [0.1, 0.15) is 17.2 Å². The van der Waals surface area contributed by atoms with Crippen LogP contribution < -0.4 is 9.80 Å². The summed E-state index contributed by atoms with van der Waals surface area (Å²) in [4.78, 5) is 17.1. The summed E-state index contributed by atoms with van der Waals surface area (Å²) in [7, 11) is 0. The molecule has 130 valence electrons. The number of rotatable bonds is 2. The fourth-order valence-electron chi connectivity index (χ4n) is 3.28. The zero-order valence-electron chi connectivity index (χ0n) is 14.6. The molecule has 25 heavy (non-hydrogen) atoms. The molecule has 3 aromatic rings. The van der Waals surface area contributed by atoms with Crippen molar-refractivity contribution in [3.05, 3.63) is 41.4 Å². The van der Waals surface area contributed by atoms with Gasteiger partial charge in [0.1, 0.15) is 11.6 Å². The Morgan fingerprint density at radius 1 is 0.960 bits per heavy atom. The third-order valence-corrected chi connectivity index (χ3v) is 4.48. The summed E-state index contributed by atoms with van der Waals surface area (Å²) in [5.41, 5.74) is 2.19. The molecule has 1 aliphatic heterocycles. The highest BCUT2D eigenvalue weighted by atomic mass is 19.1. The van der Waals surface area contributed by atoms with E-state index >= 15 is 0 Å². The van der Waals surface area contributed by atoms with Gasteiger partial charge >= 0.3 is 0 Å². The first-order chi connectivity index (χ1) is 12.0. The molecule has 7 nitrogen and oxygen atoms in total. The Balaban J connectivity index is 1.58. The minimum absolute atomic E-state index is 0.326. The molecular weight excluding hydrogens is 321 g/mol. The van der Waals surface area contributed by atoms with E-state index in [9.17, 15) is 4.39 Å². The van der Waals surface area contributed by atoms with Crippen LogP contribution in [0.5, 0.6) is 0 Å². The van der Waals surface area contributed by atoms with E-state index in [4.69, 9.17) is 0 Å². The maximum absolute atomic E-state index is 14.4. The topological polar surface area (TPSA) is 62.5 Å². The second kappa shape index (κ2) is 5.94. The molecule has 1 aliphatic rings. The van der Waals surface area contributed by atoms with Crippen molar-refractivity contribution in [1.82, 2.24) is 24.6 Å². The molecule has 1 saturated heterocycles. The molecule has 0 spiro atoms. The van der Waals surface area contributed by atoms with Gasteiger partial charge in [-0.3, -0.25) is 0 Å². The Morgan fingerprint density at radius 3 is 2.44 bits per heavy atom. The highest BCUT2D eigenvalue weighted by Gasteiger charge is 2.24. The number of aryl methyl sites for hydroxylation is 3. The van der Waals surface area contributed by atoms with Crippen molar-refractivity contribution in [2.45, 2.75) is 20.8 Å². The SMILES string of the molecule is Cc1cc(N2CCN(c3nc(C)nc(C)c3F)CC2)n2nccc2n1. The fraction of sp³-hybridized carbons (Fsp3) is 0.412. The summed E-state index contributed by atoms with van der Waals surface area (Å²) in [5.74, 6) is 1.69. The Kier molecular flexibility index (Phi) is 3.74. The molecule has 0 amide bonds. The number of piperazine rings is 1. The smallest absolute Gasteiger partial charge is 0.186 e. The van der Waals surface area contributed by atoms with E-state index in [1.807, 2.05) is 28.5 Å². The normalized spacial score (nSPS) is 15.2. The van der Waals surface area contributed by atoms with Crippen molar-refractivity contribution in [2.75, 3.05) is 36.0 Å². The summed E-state index contributed by atoms with van der Waals surface area (Å²) in [6.07, 6.45) is 1.75. The Labute approximate surface area is 145 Å². The zero-order valence-corrected chi connectivity index (χ0v) is 14.6. The van der Waals surface area contributed by atoms with Crippen molar-refractivity contribution < 1.29 is 4.39 Å². The Hall–Kier alpha value is -2.77. The van der Waals surface area contributed by atoms with E-state index in [0.29, 0.717) is 30.4 Å². The fourth-order valence-corrected chi connectivity index (χ4v) is 3.28. The maximum atomic E-state index is 14.4. The molecule has 8 heteroatoms. The summed E-state index contributed by atoms with van der Waals surface area (Å²) < 4.78 is 16.3. The van der Waals surface area contributed by atoms with Crippen molar-refractivity contribution in [3.8, 4) is 0 Å². The highest BCUT2D eigenvalue weighted by molar-refractivity contribution is 5.52. The van der Waals surface area contributed by atoms with Crippen LogP contribution >= 0.6 is 0 Å².